The van der Waals surface area contributed by atoms with E-state index in [0.29, 0.717) is 10.8 Å². The Balaban J connectivity index is 2.34. The van der Waals surface area contributed by atoms with Crippen LogP contribution < -0.4 is 0 Å². The average Bonchev–Trinajstić information content (AvgIpc) is 2.77. The third-order valence-corrected chi connectivity index (χ3v) is 3.86. The fraction of sp³-hybridized carbons (Fsp3) is 0.308. The monoisotopic (exact) mass is 264 g/mol. The van der Waals surface area contributed by atoms with E-state index in [1.54, 1.807) is 30.5 Å². The Kier molecular flexibility index (Phi) is 3.26. The molecule has 0 amide bonds. The molecule has 0 spiro atoms. The van der Waals surface area contributed by atoms with E-state index in [2.05, 4.69) is 23.8 Å². The van der Waals surface area contributed by atoms with Crippen LogP contribution in [0.25, 0.3) is 11.3 Å². The van der Waals surface area contributed by atoms with Gasteiger partial charge in [0.25, 0.3) is 0 Å². The summed E-state index contributed by atoms with van der Waals surface area (Å²) in [5.74, 6) is 1.27. The van der Waals surface area contributed by atoms with Gasteiger partial charge in [-0.25, -0.2) is 13.4 Å². The Bertz CT molecular complexity index is 640. The van der Waals surface area contributed by atoms with Crippen LogP contribution in [0.4, 0.5) is 0 Å². The number of hydrogen-bond donors (Lipinski definition) is 1. The molecule has 0 bridgehead atoms. The minimum absolute atomic E-state index is 0.329. The lowest BCUT2D eigenvalue weighted by Crippen LogP contribution is -1.96. The molecule has 1 aromatic carbocycles. The summed E-state index contributed by atoms with van der Waals surface area (Å²) in [5, 5.41) is 0. The van der Waals surface area contributed by atoms with Gasteiger partial charge in [-0.2, -0.15) is 0 Å². The lowest BCUT2D eigenvalue weighted by molar-refractivity contribution is 0.602. The van der Waals surface area contributed by atoms with Gasteiger partial charge in [-0.1, -0.05) is 26.0 Å². The maximum Gasteiger partial charge on any atom is 0.175 e. The first-order valence-corrected chi connectivity index (χ1v) is 7.62. The van der Waals surface area contributed by atoms with E-state index in [0.717, 1.165) is 17.1 Å². The number of sulfone groups is 1. The molecule has 1 aromatic heterocycles. The average molecular weight is 264 g/mol. The van der Waals surface area contributed by atoms with Crippen LogP contribution in [-0.4, -0.2) is 24.6 Å². The van der Waals surface area contributed by atoms with Crippen LogP contribution in [0.15, 0.2) is 35.4 Å². The summed E-state index contributed by atoms with van der Waals surface area (Å²) in [6.07, 6.45) is 2.97. The smallest absolute Gasteiger partial charge is 0.175 e. The molecule has 1 N–H and O–H groups in total. The number of H-pyrrole nitrogens is 1. The molecule has 2 rings (SSSR count). The predicted molar refractivity (Wildman–Crippen MR) is 71.2 cm³/mol. The van der Waals surface area contributed by atoms with Gasteiger partial charge in [0.05, 0.1) is 16.8 Å². The summed E-state index contributed by atoms with van der Waals surface area (Å²) < 4.78 is 22.7. The molecule has 96 valence electrons. The molecule has 2 aromatic rings. The molecule has 0 aliphatic rings. The maximum atomic E-state index is 11.4. The van der Waals surface area contributed by atoms with Crippen LogP contribution in [0.5, 0.6) is 0 Å². The second-order valence-electron chi connectivity index (χ2n) is 4.63. The van der Waals surface area contributed by atoms with Crippen molar-refractivity contribution in [3.05, 3.63) is 36.3 Å². The normalized spacial score (nSPS) is 12.0. The lowest BCUT2D eigenvalue weighted by atomic mass is 10.2. The van der Waals surface area contributed by atoms with Gasteiger partial charge in [-0.05, 0) is 17.7 Å². The quantitative estimate of drug-likeness (QED) is 0.926. The highest BCUT2D eigenvalue weighted by Gasteiger charge is 2.09. The Labute approximate surface area is 107 Å². The van der Waals surface area contributed by atoms with Crippen molar-refractivity contribution in [2.24, 2.45) is 0 Å². The van der Waals surface area contributed by atoms with Crippen molar-refractivity contribution in [2.45, 2.75) is 24.7 Å². The van der Waals surface area contributed by atoms with Crippen LogP contribution in [-0.2, 0) is 9.84 Å². The molecule has 0 aliphatic heterocycles. The summed E-state index contributed by atoms with van der Waals surface area (Å²) >= 11 is 0. The van der Waals surface area contributed by atoms with E-state index >= 15 is 0 Å². The van der Waals surface area contributed by atoms with E-state index < -0.39 is 9.84 Å². The predicted octanol–water partition coefficient (Wildman–Crippen LogP) is 2.60. The molecule has 18 heavy (non-hydrogen) atoms. The molecule has 0 atom stereocenters. The minimum Gasteiger partial charge on any atom is -0.342 e. The van der Waals surface area contributed by atoms with Gasteiger partial charge < -0.3 is 4.98 Å². The number of aromatic amines is 1. The third kappa shape index (κ3) is 2.61. The van der Waals surface area contributed by atoms with E-state index in [1.807, 2.05) is 0 Å². The van der Waals surface area contributed by atoms with Crippen LogP contribution in [0, 0.1) is 0 Å². The highest BCUT2D eigenvalue weighted by molar-refractivity contribution is 7.90. The van der Waals surface area contributed by atoms with Gasteiger partial charge in [-0.15, -0.1) is 0 Å². The number of rotatable bonds is 3. The van der Waals surface area contributed by atoms with Crippen molar-refractivity contribution >= 4 is 9.84 Å². The van der Waals surface area contributed by atoms with E-state index in [4.69, 9.17) is 0 Å². The van der Waals surface area contributed by atoms with Crippen molar-refractivity contribution < 1.29 is 8.42 Å². The molecule has 0 fully saturated rings. The second kappa shape index (κ2) is 4.57. The SMILES string of the molecule is CC(C)c1ncc(-c2ccc(S(C)(=O)=O)cc2)[nH]1. The van der Waals surface area contributed by atoms with Crippen molar-refractivity contribution in [2.75, 3.05) is 6.26 Å². The van der Waals surface area contributed by atoms with Crippen molar-refractivity contribution in [3.63, 3.8) is 0 Å². The number of hydrogen-bond acceptors (Lipinski definition) is 3. The number of imidazole rings is 1. The highest BCUT2D eigenvalue weighted by atomic mass is 32.2. The van der Waals surface area contributed by atoms with Crippen molar-refractivity contribution in [3.8, 4) is 11.3 Å². The second-order valence-corrected chi connectivity index (χ2v) is 6.65. The van der Waals surface area contributed by atoms with E-state index in [-0.39, 0.29) is 0 Å². The van der Waals surface area contributed by atoms with Crippen LogP contribution >= 0.6 is 0 Å². The fourth-order valence-corrected chi connectivity index (χ4v) is 2.29. The molecule has 0 aliphatic carbocycles. The number of benzene rings is 1. The number of nitrogens with zero attached hydrogens (tertiary/aromatic N) is 1. The Hall–Kier alpha value is -1.62. The molecule has 0 saturated heterocycles. The molecular formula is C13H16N2O2S. The number of aromatic nitrogens is 2. The Morgan fingerprint density at radius 2 is 1.78 bits per heavy atom. The molecule has 5 heteroatoms. The largest absolute Gasteiger partial charge is 0.342 e. The fourth-order valence-electron chi connectivity index (χ4n) is 1.66. The molecule has 0 radical (unpaired) electrons. The van der Waals surface area contributed by atoms with Crippen molar-refractivity contribution in [1.29, 1.82) is 0 Å². The van der Waals surface area contributed by atoms with Gasteiger partial charge >= 0.3 is 0 Å². The summed E-state index contributed by atoms with van der Waals surface area (Å²) in [6, 6.07) is 6.79. The highest BCUT2D eigenvalue weighted by Crippen LogP contribution is 2.21. The molecule has 1 heterocycles. The zero-order chi connectivity index (χ0) is 13.3. The first kappa shape index (κ1) is 12.8. The lowest BCUT2D eigenvalue weighted by Gasteiger charge is -2.01. The summed E-state index contributed by atoms with van der Waals surface area (Å²) in [5.41, 5.74) is 1.83. The molecule has 0 saturated carbocycles. The molecule has 0 unspecified atom stereocenters. The maximum absolute atomic E-state index is 11.4. The summed E-state index contributed by atoms with van der Waals surface area (Å²) in [6.45, 7) is 4.13. The molecular weight excluding hydrogens is 248 g/mol. The van der Waals surface area contributed by atoms with Crippen LogP contribution in [0.1, 0.15) is 25.6 Å². The zero-order valence-corrected chi connectivity index (χ0v) is 11.5. The van der Waals surface area contributed by atoms with Gasteiger partial charge in [0.1, 0.15) is 5.82 Å². The summed E-state index contributed by atoms with van der Waals surface area (Å²) in [4.78, 5) is 7.84. The number of nitrogens with one attached hydrogen (secondary N) is 1. The van der Waals surface area contributed by atoms with Gasteiger partial charge in [0, 0.05) is 12.2 Å². The van der Waals surface area contributed by atoms with Gasteiger partial charge in [0.15, 0.2) is 9.84 Å². The van der Waals surface area contributed by atoms with Crippen LogP contribution in [0.3, 0.4) is 0 Å². The van der Waals surface area contributed by atoms with E-state index in [9.17, 15) is 8.42 Å². The third-order valence-electron chi connectivity index (χ3n) is 2.74. The minimum atomic E-state index is -3.14. The standard InChI is InChI=1S/C13H16N2O2S/c1-9(2)13-14-8-12(15-13)10-4-6-11(7-5-10)18(3,16)17/h4-9H,1-3H3,(H,14,15). The topological polar surface area (TPSA) is 62.8 Å². The Morgan fingerprint density at radius 1 is 1.17 bits per heavy atom. The zero-order valence-electron chi connectivity index (χ0n) is 10.6. The first-order chi connectivity index (χ1) is 8.38. The Morgan fingerprint density at radius 3 is 2.22 bits per heavy atom. The van der Waals surface area contributed by atoms with Crippen molar-refractivity contribution in [1.82, 2.24) is 9.97 Å². The first-order valence-electron chi connectivity index (χ1n) is 5.73. The summed E-state index contributed by atoms with van der Waals surface area (Å²) in [7, 11) is -3.14. The molecule has 4 nitrogen and oxygen atoms in total. The van der Waals surface area contributed by atoms with Gasteiger partial charge in [-0.3, -0.25) is 0 Å². The van der Waals surface area contributed by atoms with Crippen LogP contribution in [0.2, 0.25) is 0 Å². The van der Waals surface area contributed by atoms with Gasteiger partial charge in [0.2, 0.25) is 0 Å². The van der Waals surface area contributed by atoms with E-state index in [1.165, 1.54) is 6.26 Å².